The Morgan fingerprint density at radius 1 is 1.29 bits per heavy atom. The second-order valence-corrected chi connectivity index (χ2v) is 8.70. The van der Waals surface area contributed by atoms with Crippen molar-refractivity contribution in [3.8, 4) is 0 Å². The molecule has 130 valence electrons. The van der Waals surface area contributed by atoms with Crippen LogP contribution in [0.1, 0.15) is 57.4 Å². The molecule has 2 N–H and O–H groups in total. The van der Waals surface area contributed by atoms with Crippen molar-refractivity contribution in [1.29, 1.82) is 0 Å². The van der Waals surface area contributed by atoms with Gasteiger partial charge in [-0.3, -0.25) is 0 Å². The van der Waals surface area contributed by atoms with E-state index in [0.29, 0.717) is 17.1 Å². The molecule has 24 heavy (non-hydrogen) atoms. The van der Waals surface area contributed by atoms with Crippen molar-refractivity contribution < 1.29 is 9.90 Å². The van der Waals surface area contributed by atoms with Gasteiger partial charge in [0.1, 0.15) is 0 Å². The molecule has 2 unspecified atom stereocenters. The molecule has 3 atom stereocenters. The van der Waals surface area contributed by atoms with Crippen LogP contribution in [-0.2, 0) is 0 Å². The molecule has 2 saturated carbocycles. The normalized spacial score (nSPS) is 37.4. The molecule has 0 radical (unpaired) electrons. The van der Waals surface area contributed by atoms with Gasteiger partial charge in [0.05, 0.1) is 5.60 Å². The quantitative estimate of drug-likeness (QED) is 0.833. The highest BCUT2D eigenvalue weighted by atomic mass is 35.5. The largest absolute Gasteiger partial charge is 0.390 e. The molecule has 2 heterocycles. The smallest absolute Gasteiger partial charge is 0.322 e. The highest BCUT2D eigenvalue weighted by Gasteiger charge is 2.46. The van der Waals surface area contributed by atoms with E-state index in [0.717, 1.165) is 49.3 Å². The summed E-state index contributed by atoms with van der Waals surface area (Å²) in [5.74, 6) is 1.000. The molecule has 1 aromatic rings. The lowest BCUT2D eigenvalue weighted by atomic mass is 9.69. The summed E-state index contributed by atoms with van der Waals surface area (Å²) >= 11 is 6.32. The molecule has 4 nitrogen and oxygen atoms in total. The standard InChI is InChI=1S/C19H25ClN2O2/c1-11-5-14-8-15(6-11)22(14)18(23)21-13-3-4-17(20)16(7-13)12-9-19(2,24)10-12/h3-4,7,11-12,14-15,24H,5-6,8-10H2,1-2H3,(H,21,23)/t11?,12?,14-,15?,19?/m1/s1. The lowest BCUT2D eigenvalue weighted by Crippen LogP contribution is -2.63. The third kappa shape index (κ3) is 2.80. The Hall–Kier alpha value is -1.26. The Balaban J connectivity index is 1.45. The average Bonchev–Trinajstić information content (AvgIpc) is 2.46. The van der Waals surface area contributed by atoms with Crippen molar-refractivity contribution in [2.24, 2.45) is 5.92 Å². The zero-order valence-corrected chi connectivity index (χ0v) is 15.0. The number of urea groups is 1. The van der Waals surface area contributed by atoms with Crippen molar-refractivity contribution in [2.75, 3.05) is 5.32 Å². The predicted molar refractivity (Wildman–Crippen MR) is 95.5 cm³/mol. The summed E-state index contributed by atoms with van der Waals surface area (Å²) in [7, 11) is 0. The Labute approximate surface area is 148 Å². The van der Waals surface area contributed by atoms with Gasteiger partial charge in [-0.1, -0.05) is 18.5 Å². The Bertz CT molecular complexity index is 655. The molecule has 2 saturated heterocycles. The van der Waals surface area contributed by atoms with Crippen molar-refractivity contribution in [2.45, 2.75) is 69.6 Å². The van der Waals surface area contributed by atoms with Gasteiger partial charge in [0.2, 0.25) is 0 Å². The van der Waals surface area contributed by atoms with E-state index in [4.69, 9.17) is 11.6 Å². The zero-order valence-electron chi connectivity index (χ0n) is 14.3. The molecule has 2 bridgehead atoms. The summed E-state index contributed by atoms with van der Waals surface area (Å²) < 4.78 is 0. The van der Waals surface area contributed by atoms with Gasteiger partial charge in [0.15, 0.2) is 0 Å². The van der Waals surface area contributed by atoms with E-state index >= 15 is 0 Å². The Kier molecular flexibility index (Phi) is 3.81. The fourth-order valence-corrected chi connectivity index (χ4v) is 5.09. The molecule has 5 heteroatoms. The van der Waals surface area contributed by atoms with Gasteiger partial charge in [-0.2, -0.15) is 0 Å². The van der Waals surface area contributed by atoms with Crippen LogP contribution in [-0.4, -0.2) is 33.7 Å². The maximum Gasteiger partial charge on any atom is 0.322 e. The zero-order chi connectivity index (χ0) is 17.1. The summed E-state index contributed by atoms with van der Waals surface area (Å²) in [6.45, 7) is 4.13. The number of piperidine rings is 1. The number of anilines is 1. The fourth-order valence-electron chi connectivity index (χ4n) is 4.82. The van der Waals surface area contributed by atoms with Crippen molar-refractivity contribution in [3.63, 3.8) is 0 Å². The summed E-state index contributed by atoms with van der Waals surface area (Å²) in [4.78, 5) is 14.6. The van der Waals surface area contributed by atoms with Crippen LogP contribution >= 0.6 is 11.6 Å². The van der Waals surface area contributed by atoms with E-state index in [1.165, 1.54) is 0 Å². The predicted octanol–water partition coefficient (Wildman–Crippen LogP) is 4.37. The minimum Gasteiger partial charge on any atom is -0.390 e. The van der Waals surface area contributed by atoms with Crippen molar-refractivity contribution in [1.82, 2.24) is 4.90 Å². The minimum atomic E-state index is -0.584. The Morgan fingerprint density at radius 3 is 2.58 bits per heavy atom. The first-order valence-electron chi connectivity index (χ1n) is 8.93. The van der Waals surface area contributed by atoms with Gasteiger partial charge in [-0.05, 0) is 74.6 Å². The number of nitrogens with zero attached hydrogens (tertiary/aromatic N) is 1. The van der Waals surface area contributed by atoms with E-state index in [-0.39, 0.29) is 11.9 Å². The van der Waals surface area contributed by atoms with E-state index in [1.807, 2.05) is 30.0 Å². The van der Waals surface area contributed by atoms with Crippen LogP contribution in [0, 0.1) is 5.92 Å². The summed E-state index contributed by atoms with van der Waals surface area (Å²) in [6, 6.07) is 6.51. The highest BCUT2D eigenvalue weighted by molar-refractivity contribution is 6.31. The molecular weight excluding hydrogens is 324 g/mol. The number of hydrogen-bond acceptors (Lipinski definition) is 2. The number of nitrogens with one attached hydrogen (secondary N) is 1. The van der Waals surface area contributed by atoms with Crippen LogP contribution in [0.2, 0.25) is 5.02 Å². The summed E-state index contributed by atoms with van der Waals surface area (Å²) in [5, 5.41) is 13.7. The first-order valence-corrected chi connectivity index (χ1v) is 9.31. The molecular formula is C19H25ClN2O2. The lowest BCUT2D eigenvalue weighted by molar-refractivity contribution is -0.0313. The number of benzene rings is 1. The molecule has 4 aliphatic rings. The van der Waals surface area contributed by atoms with Crippen molar-refractivity contribution >= 4 is 23.3 Å². The third-order valence-electron chi connectivity index (χ3n) is 5.97. The van der Waals surface area contributed by atoms with Gasteiger partial charge >= 0.3 is 6.03 Å². The van der Waals surface area contributed by atoms with Crippen LogP contribution < -0.4 is 5.32 Å². The lowest BCUT2D eigenvalue weighted by Gasteiger charge is -2.54. The van der Waals surface area contributed by atoms with Gasteiger partial charge in [0.25, 0.3) is 0 Å². The second kappa shape index (κ2) is 5.63. The number of rotatable bonds is 2. The summed E-state index contributed by atoms with van der Waals surface area (Å²) in [6.07, 6.45) is 4.83. The van der Waals surface area contributed by atoms with E-state index in [9.17, 15) is 9.90 Å². The third-order valence-corrected chi connectivity index (χ3v) is 6.32. The maximum atomic E-state index is 12.6. The number of carbonyl (C=O) groups is 1. The van der Waals surface area contributed by atoms with Crippen molar-refractivity contribution in [3.05, 3.63) is 28.8 Å². The van der Waals surface area contributed by atoms with Crippen LogP contribution in [0.15, 0.2) is 18.2 Å². The number of amides is 2. The number of aliphatic hydroxyl groups is 1. The second-order valence-electron chi connectivity index (χ2n) is 8.30. The number of halogens is 1. The molecule has 0 spiro atoms. The number of fused-ring (bicyclic) bond motifs is 2. The maximum absolute atomic E-state index is 12.6. The Morgan fingerprint density at radius 2 is 1.96 bits per heavy atom. The summed E-state index contributed by atoms with van der Waals surface area (Å²) in [5.41, 5.74) is 1.24. The van der Waals surface area contributed by atoms with Crippen LogP contribution in [0.3, 0.4) is 0 Å². The van der Waals surface area contributed by atoms with Crippen LogP contribution in [0.5, 0.6) is 0 Å². The van der Waals surface area contributed by atoms with Crippen LogP contribution in [0.25, 0.3) is 0 Å². The SMILES string of the molecule is CC1CC2C[C@@H](C1)N2C(=O)Nc1ccc(Cl)c(C2CC(C)(O)C2)c1. The monoisotopic (exact) mass is 348 g/mol. The molecule has 2 aliphatic heterocycles. The molecule has 5 rings (SSSR count). The van der Waals surface area contributed by atoms with Crippen LogP contribution in [0.4, 0.5) is 10.5 Å². The molecule has 1 aromatic carbocycles. The van der Waals surface area contributed by atoms with Gasteiger partial charge in [-0.15, -0.1) is 0 Å². The molecule has 4 fully saturated rings. The van der Waals surface area contributed by atoms with E-state index < -0.39 is 5.60 Å². The van der Waals surface area contributed by atoms with Gasteiger partial charge in [0, 0.05) is 22.8 Å². The topological polar surface area (TPSA) is 52.6 Å². The van der Waals surface area contributed by atoms with Gasteiger partial charge in [-0.25, -0.2) is 4.79 Å². The van der Waals surface area contributed by atoms with E-state index in [1.54, 1.807) is 0 Å². The van der Waals surface area contributed by atoms with E-state index in [2.05, 4.69) is 12.2 Å². The molecule has 0 aromatic heterocycles. The number of carbonyl (C=O) groups excluding carboxylic acids is 1. The minimum absolute atomic E-state index is 0.0111. The molecule has 2 amide bonds. The van der Waals surface area contributed by atoms with Gasteiger partial charge < -0.3 is 15.3 Å². The average molecular weight is 349 g/mol. The number of hydrogen-bond donors (Lipinski definition) is 2. The first kappa shape index (κ1) is 16.2. The first-order chi connectivity index (χ1) is 11.3. The molecule has 2 aliphatic carbocycles. The highest BCUT2D eigenvalue weighted by Crippen LogP contribution is 2.47. The fraction of sp³-hybridized carbons (Fsp3) is 0.632.